The predicted octanol–water partition coefficient (Wildman–Crippen LogP) is -2.34. The Kier molecular flexibility index (Phi) is 4.48. The first-order valence-corrected chi connectivity index (χ1v) is 6.00. The molecule has 6 nitrogen and oxygen atoms in total. The monoisotopic (exact) mass is 270 g/mol. The number of rotatable bonds is 2. The van der Waals surface area contributed by atoms with E-state index in [1.54, 1.807) is 0 Å². The van der Waals surface area contributed by atoms with E-state index in [0.29, 0.717) is 0 Å². The maximum atomic E-state index is 13.0. The minimum Gasteiger partial charge on any atom is -0.644 e. The summed E-state index contributed by atoms with van der Waals surface area (Å²) in [6, 6.07) is 3.03. The van der Waals surface area contributed by atoms with Gasteiger partial charge in [0.05, 0.1) is 5.75 Å². The van der Waals surface area contributed by atoms with Crippen LogP contribution in [0.15, 0.2) is 23.1 Å². The van der Waals surface area contributed by atoms with Gasteiger partial charge in [-0.3, -0.25) is 0 Å². The van der Waals surface area contributed by atoms with E-state index in [1.807, 2.05) is 0 Å². The summed E-state index contributed by atoms with van der Waals surface area (Å²) in [5, 5.41) is 0. The van der Waals surface area contributed by atoms with Crippen LogP contribution in [-0.2, 0) is 23.5 Å². The van der Waals surface area contributed by atoms with Crippen LogP contribution < -0.4 is 23.5 Å². The van der Waals surface area contributed by atoms with Crippen LogP contribution in [0.3, 0.4) is 0 Å². The summed E-state index contributed by atoms with van der Waals surface area (Å²) in [6.07, 6.45) is 0. The van der Waals surface area contributed by atoms with E-state index < -0.39 is 27.8 Å². The summed E-state index contributed by atoms with van der Waals surface area (Å²) in [7, 11) is -1.84. The van der Waals surface area contributed by atoms with Crippen LogP contribution in [-0.4, -0.2) is 29.6 Å². The number of fused-ring (bicyclic) bond motifs is 1. The van der Waals surface area contributed by atoms with E-state index in [4.69, 9.17) is 14.0 Å². The molecule has 1 aliphatic heterocycles. The molecule has 10 heteroatoms. The van der Waals surface area contributed by atoms with Crippen molar-refractivity contribution in [2.24, 2.45) is 0 Å². The molecule has 0 unspecified atom stereocenters. The molecular formula is C8H9BFLiO6S. The van der Waals surface area contributed by atoms with Crippen molar-refractivity contribution < 1.29 is 49.7 Å². The van der Waals surface area contributed by atoms with Gasteiger partial charge in [0.1, 0.15) is 10.7 Å². The van der Waals surface area contributed by atoms with Crippen molar-refractivity contribution in [1.82, 2.24) is 0 Å². The van der Waals surface area contributed by atoms with Gasteiger partial charge in [0, 0.05) is 0 Å². The fourth-order valence-corrected chi connectivity index (χ4v) is 2.66. The molecule has 1 aliphatic rings. The Morgan fingerprint density at radius 1 is 1.28 bits per heavy atom. The van der Waals surface area contributed by atoms with Crippen LogP contribution in [0.25, 0.3) is 0 Å². The average molecular weight is 270 g/mol. The van der Waals surface area contributed by atoms with Gasteiger partial charge in [-0.05, 0) is 32.4 Å². The molecule has 0 saturated heterocycles. The minimum absolute atomic E-state index is 0. The van der Waals surface area contributed by atoms with Crippen molar-refractivity contribution in [3.63, 3.8) is 0 Å². The minimum atomic E-state index is -4.18. The summed E-state index contributed by atoms with van der Waals surface area (Å²) < 4.78 is 55.8. The van der Waals surface area contributed by atoms with Gasteiger partial charge >= 0.3 is 25.8 Å². The second-order valence-corrected chi connectivity index (χ2v) is 4.85. The van der Waals surface area contributed by atoms with Gasteiger partial charge in [-0.15, -0.1) is 0 Å². The Morgan fingerprint density at radius 2 is 1.89 bits per heavy atom. The normalized spacial score (nSPS) is 19.3. The molecule has 0 fully saturated rings. The molecule has 0 saturated carbocycles. The zero-order valence-electron chi connectivity index (χ0n) is 10.0. The standard InChI is InChI=1S/C8H9BFO6S.Li/c1-13-9(14-2)15-7-4-3-6(10)5-8(7)17(11,12)16-9;/h3-5H,1-2H3;/q-1;+1. The third kappa shape index (κ3) is 2.56. The number of halogens is 1. The van der Waals surface area contributed by atoms with Gasteiger partial charge in [-0.2, -0.15) is 8.42 Å². The molecule has 0 aliphatic carbocycles. The van der Waals surface area contributed by atoms with Crippen molar-refractivity contribution in [2.75, 3.05) is 14.2 Å². The van der Waals surface area contributed by atoms with Gasteiger partial charge in [-0.1, -0.05) is 0 Å². The Labute approximate surface area is 116 Å². The van der Waals surface area contributed by atoms with Crippen molar-refractivity contribution in [3.8, 4) is 5.75 Å². The Morgan fingerprint density at radius 3 is 2.44 bits per heavy atom. The maximum absolute atomic E-state index is 13.0. The zero-order valence-corrected chi connectivity index (χ0v) is 10.9. The van der Waals surface area contributed by atoms with Gasteiger partial charge in [0.2, 0.25) is 0 Å². The van der Waals surface area contributed by atoms with E-state index >= 15 is 0 Å². The van der Waals surface area contributed by atoms with E-state index in [-0.39, 0.29) is 24.6 Å². The number of hydrogen-bond acceptors (Lipinski definition) is 6. The first-order valence-electron chi connectivity index (χ1n) is 4.59. The topological polar surface area (TPSA) is 71.1 Å². The van der Waals surface area contributed by atoms with Crippen molar-refractivity contribution in [1.29, 1.82) is 0 Å². The summed E-state index contributed by atoms with van der Waals surface area (Å²) in [4.78, 5) is -0.399. The first kappa shape index (κ1) is 15.5. The Balaban J connectivity index is 0.00000162. The van der Waals surface area contributed by atoms with Gasteiger partial charge < -0.3 is 18.1 Å². The summed E-state index contributed by atoms with van der Waals surface area (Å²) >= 11 is 0. The van der Waals surface area contributed by atoms with Crippen LogP contribution in [0.2, 0.25) is 0 Å². The average Bonchev–Trinajstić information content (AvgIpc) is 2.29. The van der Waals surface area contributed by atoms with Crippen LogP contribution in [0.1, 0.15) is 0 Å². The van der Waals surface area contributed by atoms with E-state index in [2.05, 4.69) is 4.10 Å². The first-order chi connectivity index (χ1) is 7.92. The molecule has 0 radical (unpaired) electrons. The second kappa shape index (κ2) is 5.21. The molecule has 0 N–H and O–H groups in total. The molecule has 0 spiro atoms. The molecule has 0 atom stereocenters. The Hall–Kier alpha value is -0.558. The molecule has 0 bridgehead atoms. The quantitative estimate of drug-likeness (QED) is 0.561. The molecule has 1 aromatic rings. The van der Waals surface area contributed by atoms with Crippen LogP contribution in [0.4, 0.5) is 4.39 Å². The molecule has 94 valence electrons. The zero-order chi connectivity index (χ0) is 12.7. The van der Waals surface area contributed by atoms with E-state index in [1.165, 1.54) is 20.3 Å². The number of benzene rings is 1. The molecule has 1 aromatic carbocycles. The second-order valence-electron chi connectivity index (χ2n) is 3.31. The number of hydrogen-bond donors (Lipinski definition) is 0. The van der Waals surface area contributed by atoms with Crippen LogP contribution in [0.5, 0.6) is 5.75 Å². The summed E-state index contributed by atoms with van der Waals surface area (Å²) in [6.45, 7) is -2.88. The van der Waals surface area contributed by atoms with E-state index in [9.17, 15) is 12.8 Å². The smallest absolute Gasteiger partial charge is 0.644 e. The SMILES string of the molecule is CO[B-]1(OC)Oc2ccc(F)cc2S(=O)(=O)O1.[Li+]. The van der Waals surface area contributed by atoms with Crippen molar-refractivity contribution >= 4 is 17.1 Å². The fraction of sp³-hybridized carbons (Fsp3) is 0.250. The summed E-state index contributed by atoms with van der Waals surface area (Å²) in [5.41, 5.74) is 0. The van der Waals surface area contributed by atoms with Gasteiger partial charge in [0.25, 0.3) is 10.1 Å². The Bertz CT molecular complexity index is 547. The molecule has 0 amide bonds. The fourth-order valence-electron chi connectivity index (χ4n) is 1.43. The molecule has 1 heterocycles. The summed E-state index contributed by atoms with van der Waals surface area (Å²) in [5.74, 6) is -0.796. The van der Waals surface area contributed by atoms with Crippen LogP contribution >= 0.6 is 0 Å². The molecule has 18 heavy (non-hydrogen) atoms. The predicted molar refractivity (Wildman–Crippen MR) is 55.1 cm³/mol. The van der Waals surface area contributed by atoms with E-state index in [0.717, 1.165) is 12.1 Å². The van der Waals surface area contributed by atoms with Crippen LogP contribution in [0, 0.1) is 5.82 Å². The molecule has 2 rings (SSSR count). The van der Waals surface area contributed by atoms with Crippen molar-refractivity contribution in [2.45, 2.75) is 4.90 Å². The van der Waals surface area contributed by atoms with Gasteiger partial charge in [-0.25, -0.2) is 4.39 Å². The molecular weight excluding hydrogens is 261 g/mol. The third-order valence-electron chi connectivity index (χ3n) is 2.27. The van der Waals surface area contributed by atoms with Gasteiger partial charge in [0.15, 0.2) is 0 Å². The van der Waals surface area contributed by atoms with Crippen molar-refractivity contribution in [3.05, 3.63) is 24.0 Å². The maximum Gasteiger partial charge on any atom is 1.00 e. The largest absolute Gasteiger partial charge is 1.00 e. The molecule has 0 aromatic heterocycles. The third-order valence-corrected chi connectivity index (χ3v) is 3.62.